The first-order chi connectivity index (χ1) is 10.4. The van der Waals surface area contributed by atoms with E-state index in [1.165, 1.54) is 24.0 Å². The molecule has 4 nitrogen and oxygen atoms in total. The lowest BCUT2D eigenvalue weighted by molar-refractivity contribution is 0.520. The van der Waals surface area contributed by atoms with E-state index in [2.05, 4.69) is 33.4 Å². The Hall–Kier alpha value is -1.21. The normalized spacial score (nSPS) is 11.8. The van der Waals surface area contributed by atoms with E-state index in [1.54, 1.807) is 12.1 Å². The highest BCUT2D eigenvalue weighted by molar-refractivity contribution is 9.10. The molecule has 2 aromatic carbocycles. The number of rotatable bonds is 6. The molecule has 0 bridgehead atoms. The predicted molar refractivity (Wildman–Crippen MR) is 92.0 cm³/mol. The molecule has 2 aromatic rings. The molecule has 0 spiro atoms. The summed E-state index contributed by atoms with van der Waals surface area (Å²) in [5, 5.41) is 3.35. The van der Waals surface area contributed by atoms with E-state index >= 15 is 0 Å². The van der Waals surface area contributed by atoms with Gasteiger partial charge in [0.1, 0.15) is 0 Å². The third kappa shape index (κ3) is 4.39. The molecule has 0 aliphatic rings. The van der Waals surface area contributed by atoms with Crippen molar-refractivity contribution in [3.8, 4) is 0 Å². The molecule has 0 aliphatic carbocycles. The predicted octanol–water partition coefficient (Wildman–Crippen LogP) is 2.99. The highest BCUT2D eigenvalue weighted by Crippen LogP contribution is 2.14. The minimum Gasteiger partial charge on any atom is -0.309 e. The summed E-state index contributed by atoms with van der Waals surface area (Å²) < 4.78 is 26.2. The molecule has 0 unspecified atom stereocenters. The molecule has 0 heterocycles. The van der Waals surface area contributed by atoms with E-state index in [-0.39, 0.29) is 0 Å². The lowest BCUT2D eigenvalue weighted by Crippen LogP contribution is -2.22. The van der Waals surface area contributed by atoms with Crippen molar-refractivity contribution in [3.63, 3.8) is 0 Å². The summed E-state index contributed by atoms with van der Waals surface area (Å²) in [5.41, 5.74) is 2.24. The number of nitrogens with one attached hydrogen (secondary N) is 1. The summed E-state index contributed by atoms with van der Waals surface area (Å²) in [7, 11) is -0.293. The first kappa shape index (κ1) is 17.1. The Kier molecular flexibility index (Phi) is 5.74. The van der Waals surface area contributed by atoms with Gasteiger partial charge in [-0.05, 0) is 35.4 Å². The van der Waals surface area contributed by atoms with Crippen molar-refractivity contribution in [1.82, 2.24) is 9.62 Å². The number of hydrogen-bond donors (Lipinski definition) is 1. The van der Waals surface area contributed by atoms with Crippen LogP contribution >= 0.6 is 15.9 Å². The van der Waals surface area contributed by atoms with Crippen molar-refractivity contribution >= 4 is 26.0 Å². The second-order valence-electron chi connectivity index (χ2n) is 5.16. The highest BCUT2D eigenvalue weighted by atomic mass is 79.9. The number of sulfonamides is 1. The molecule has 0 radical (unpaired) electrons. The number of benzene rings is 2. The molecule has 0 amide bonds. The van der Waals surface area contributed by atoms with Gasteiger partial charge < -0.3 is 5.32 Å². The van der Waals surface area contributed by atoms with Crippen LogP contribution in [0.3, 0.4) is 0 Å². The summed E-state index contributed by atoms with van der Waals surface area (Å²) in [6.45, 7) is 1.45. The zero-order valence-electron chi connectivity index (χ0n) is 12.6. The highest BCUT2D eigenvalue weighted by Gasteiger charge is 2.16. The molecule has 0 saturated carbocycles. The first-order valence-corrected chi connectivity index (χ1v) is 9.09. The Bertz CT molecular complexity index is 728. The maximum atomic E-state index is 12.0. The van der Waals surface area contributed by atoms with Crippen LogP contribution in [0.4, 0.5) is 0 Å². The van der Waals surface area contributed by atoms with E-state index in [1.807, 2.05) is 24.3 Å². The SMILES string of the molecule is CN(C)S(=O)(=O)c1ccc(CNCc2cccc(Br)c2)cc1. The number of hydrogen-bond acceptors (Lipinski definition) is 3. The van der Waals surface area contributed by atoms with Gasteiger partial charge in [0.05, 0.1) is 4.90 Å². The molecule has 0 saturated heterocycles. The average molecular weight is 383 g/mol. The van der Waals surface area contributed by atoms with E-state index in [9.17, 15) is 8.42 Å². The smallest absolute Gasteiger partial charge is 0.242 e. The fourth-order valence-electron chi connectivity index (χ4n) is 1.99. The fourth-order valence-corrected chi connectivity index (χ4v) is 3.34. The van der Waals surface area contributed by atoms with Gasteiger partial charge in [-0.15, -0.1) is 0 Å². The molecule has 1 N–H and O–H groups in total. The van der Waals surface area contributed by atoms with Gasteiger partial charge in [-0.25, -0.2) is 12.7 Å². The van der Waals surface area contributed by atoms with E-state index < -0.39 is 10.0 Å². The summed E-state index contributed by atoms with van der Waals surface area (Å²) in [6.07, 6.45) is 0. The second-order valence-corrected chi connectivity index (χ2v) is 8.23. The Balaban J connectivity index is 1.95. The van der Waals surface area contributed by atoms with Gasteiger partial charge in [0.15, 0.2) is 0 Å². The van der Waals surface area contributed by atoms with Gasteiger partial charge in [-0.3, -0.25) is 0 Å². The standard InChI is InChI=1S/C16H19BrN2O2S/c1-19(2)22(20,21)16-8-6-13(7-9-16)11-18-12-14-4-3-5-15(17)10-14/h3-10,18H,11-12H2,1-2H3. The molecule has 0 aromatic heterocycles. The molecule has 0 atom stereocenters. The quantitative estimate of drug-likeness (QED) is 0.835. The third-order valence-electron chi connectivity index (χ3n) is 3.25. The maximum absolute atomic E-state index is 12.0. The Morgan fingerprint density at radius 1 is 1.00 bits per heavy atom. The lowest BCUT2D eigenvalue weighted by Gasteiger charge is -2.12. The van der Waals surface area contributed by atoms with Crippen LogP contribution in [-0.4, -0.2) is 26.8 Å². The molecular formula is C16H19BrN2O2S. The van der Waals surface area contributed by atoms with Crippen LogP contribution in [-0.2, 0) is 23.1 Å². The van der Waals surface area contributed by atoms with Crippen molar-refractivity contribution in [1.29, 1.82) is 0 Å². The van der Waals surface area contributed by atoms with Gasteiger partial charge in [0, 0.05) is 31.7 Å². The Labute approximate surface area is 140 Å². The van der Waals surface area contributed by atoms with Crippen LogP contribution < -0.4 is 5.32 Å². The lowest BCUT2D eigenvalue weighted by atomic mass is 10.2. The third-order valence-corrected chi connectivity index (χ3v) is 5.57. The van der Waals surface area contributed by atoms with Crippen molar-refractivity contribution in [2.24, 2.45) is 0 Å². The fraction of sp³-hybridized carbons (Fsp3) is 0.250. The molecule has 22 heavy (non-hydrogen) atoms. The topological polar surface area (TPSA) is 49.4 Å². The van der Waals surface area contributed by atoms with E-state index in [0.717, 1.165) is 16.6 Å². The average Bonchev–Trinajstić information content (AvgIpc) is 2.48. The number of nitrogens with zero attached hydrogens (tertiary/aromatic N) is 1. The summed E-state index contributed by atoms with van der Waals surface area (Å²) in [5.74, 6) is 0. The summed E-state index contributed by atoms with van der Waals surface area (Å²) in [4.78, 5) is 0.313. The van der Waals surface area contributed by atoms with Crippen molar-refractivity contribution in [3.05, 3.63) is 64.1 Å². The van der Waals surface area contributed by atoms with Crippen molar-refractivity contribution in [2.45, 2.75) is 18.0 Å². The van der Waals surface area contributed by atoms with Gasteiger partial charge in [-0.1, -0.05) is 40.2 Å². The van der Waals surface area contributed by atoms with Crippen LogP contribution in [0.1, 0.15) is 11.1 Å². The van der Waals surface area contributed by atoms with E-state index in [4.69, 9.17) is 0 Å². The molecule has 0 fully saturated rings. The molecule has 0 aliphatic heterocycles. The van der Waals surface area contributed by atoms with Gasteiger partial charge in [0.25, 0.3) is 0 Å². The van der Waals surface area contributed by atoms with Gasteiger partial charge in [0.2, 0.25) is 10.0 Å². The Morgan fingerprint density at radius 2 is 1.64 bits per heavy atom. The summed E-state index contributed by atoms with van der Waals surface area (Å²) >= 11 is 3.45. The summed E-state index contributed by atoms with van der Waals surface area (Å²) in [6, 6.07) is 15.1. The second kappa shape index (κ2) is 7.37. The van der Waals surface area contributed by atoms with Crippen molar-refractivity contribution < 1.29 is 8.42 Å². The number of halogens is 1. The van der Waals surface area contributed by atoms with Crippen LogP contribution in [0.2, 0.25) is 0 Å². The minimum atomic E-state index is -3.35. The van der Waals surface area contributed by atoms with Crippen LogP contribution in [0.5, 0.6) is 0 Å². The van der Waals surface area contributed by atoms with Gasteiger partial charge in [-0.2, -0.15) is 0 Å². The van der Waals surface area contributed by atoms with Crippen LogP contribution in [0.15, 0.2) is 57.9 Å². The Morgan fingerprint density at radius 3 is 2.23 bits per heavy atom. The van der Waals surface area contributed by atoms with Crippen LogP contribution in [0, 0.1) is 0 Å². The maximum Gasteiger partial charge on any atom is 0.242 e. The van der Waals surface area contributed by atoms with Crippen LogP contribution in [0.25, 0.3) is 0 Å². The largest absolute Gasteiger partial charge is 0.309 e. The zero-order chi connectivity index (χ0) is 16.2. The van der Waals surface area contributed by atoms with E-state index in [0.29, 0.717) is 11.4 Å². The molecule has 2 rings (SSSR count). The molecular weight excluding hydrogens is 364 g/mol. The monoisotopic (exact) mass is 382 g/mol. The van der Waals surface area contributed by atoms with Gasteiger partial charge >= 0.3 is 0 Å². The molecule has 118 valence electrons. The zero-order valence-corrected chi connectivity index (χ0v) is 15.0. The minimum absolute atomic E-state index is 0.313. The van der Waals surface area contributed by atoms with Crippen molar-refractivity contribution in [2.75, 3.05) is 14.1 Å². The molecule has 6 heteroatoms. The first-order valence-electron chi connectivity index (χ1n) is 6.86.